The van der Waals surface area contributed by atoms with Gasteiger partial charge in [-0.05, 0) is 93.6 Å². The van der Waals surface area contributed by atoms with E-state index in [0.29, 0.717) is 73.2 Å². The number of nitrogens with one attached hydrogen (secondary N) is 1. The van der Waals surface area contributed by atoms with Crippen molar-refractivity contribution in [1.29, 1.82) is 0 Å². The smallest absolute Gasteiger partial charge is 0.319 e. The summed E-state index contributed by atoms with van der Waals surface area (Å²) in [5, 5.41) is 15.6. The number of nitrogens with zero attached hydrogens (tertiary/aromatic N) is 5. The predicted octanol–water partition coefficient (Wildman–Crippen LogP) is 9.18. The standard InChI is InChI=1S/C42H39F7N6O3S/c1-2-29-31(43)9-7-23-17-26(56)18-30(35(23)29)38-37(44)39-36-33(51-38)11-12-34-32-10-8-24(50-32)20-54(34)40(36)53-41(52-39)58-22-42-14-4-16-55(42)25(13-15-42)21-57-27-5-3-6-28(19-27)59(45,46,47,48)49/h1,3,5-7,9,17-19,24-25,32,34,50,56H,4,8,10-16,20-22H2/t24-,25+,32+,34-,42+/m1/s1. The first-order chi connectivity index (χ1) is 28.0. The Morgan fingerprint density at radius 1 is 0.949 bits per heavy atom. The van der Waals surface area contributed by atoms with Crippen molar-refractivity contribution >= 4 is 37.7 Å². The van der Waals surface area contributed by atoms with E-state index in [1.54, 1.807) is 0 Å². The normalized spacial score (nSPS) is 26.2. The number of fused-ring (bicyclic) bond motifs is 7. The third kappa shape index (κ3) is 6.45. The summed E-state index contributed by atoms with van der Waals surface area (Å²) in [5.74, 6) is 0.946. The molecule has 5 aliphatic heterocycles. The lowest BCUT2D eigenvalue weighted by atomic mass is 9.95. The van der Waals surface area contributed by atoms with E-state index in [1.165, 1.54) is 30.3 Å². The predicted molar refractivity (Wildman–Crippen MR) is 210 cm³/mol. The van der Waals surface area contributed by atoms with Crippen LogP contribution in [0.25, 0.3) is 32.9 Å². The Kier molecular flexibility index (Phi) is 8.24. The number of hydrogen-bond donors (Lipinski definition) is 2. The fraction of sp³-hybridized carbons (Fsp3) is 0.405. The quantitative estimate of drug-likeness (QED) is 0.117. The largest absolute Gasteiger partial charge is 0.508 e. The average Bonchev–Trinajstić information content (AvgIpc) is 3.86. The molecule has 59 heavy (non-hydrogen) atoms. The summed E-state index contributed by atoms with van der Waals surface area (Å²) in [6.07, 6.45) is 11.7. The summed E-state index contributed by atoms with van der Waals surface area (Å²) in [4.78, 5) is 17.0. The van der Waals surface area contributed by atoms with Crippen LogP contribution in [0.1, 0.15) is 56.2 Å². The molecule has 0 unspecified atom stereocenters. The molecule has 2 bridgehead atoms. The van der Waals surface area contributed by atoms with E-state index in [2.05, 4.69) is 21.0 Å². The number of benzene rings is 3. The molecule has 17 heteroatoms. The molecule has 9 nitrogen and oxygen atoms in total. The molecule has 7 heterocycles. The minimum atomic E-state index is -9.89. The Bertz CT molecular complexity index is 2630. The van der Waals surface area contributed by atoms with Gasteiger partial charge in [-0.3, -0.25) is 4.90 Å². The van der Waals surface area contributed by atoms with Gasteiger partial charge >= 0.3 is 16.2 Å². The third-order valence-electron chi connectivity index (χ3n) is 13.0. The van der Waals surface area contributed by atoms with Crippen LogP contribution in [0, 0.1) is 24.0 Å². The van der Waals surface area contributed by atoms with Crippen LogP contribution in [0.2, 0.25) is 0 Å². The highest BCUT2D eigenvalue weighted by atomic mass is 32.5. The van der Waals surface area contributed by atoms with Crippen molar-refractivity contribution in [2.75, 3.05) is 31.2 Å². The van der Waals surface area contributed by atoms with Gasteiger partial charge in [0.1, 0.15) is 52.5 Å². The van der Waals surface area contributed by atoms with Crippen LogP contribution in [0.4, 0.5) is 34.0 Å². The maximum absolute atomic E-state index is 17.3. The fourth-order valence-electron chi connectivity index (χ4n) is 10.3. The van der Waals surface area contributed by atoms with Gasteiger partial charge in [0.2, 0.25) is 0 Å². The molecule has 0 saturated carbocycles. The number of aryl methyl sites for hydroxylation is 1. The molecule has 3 aromatic carbocycles. The van der Waals surface area contributed by atoms with E-state index in [9.17, 15) is 24.5 Å². The van der Waals surface area contributed by atoms with Gasteiger partial charge in [0.25, 0.3) is 0 Å². The molecule has 2 N–H and O–H groups in total. The van der Waals surface area contributed by atoms with E-state index in [-0.39, 0.29) is 82.6 Å². The van der Waals surface area contributed by atoms with E-state index < -0.39 is 32.3 Å². The van der Waals surface area contributed by atoms with Gasteiger partial charge in [-0.2, -0.15) is 9.97 Å². The second-order valence-corrected chi connectivity index (χ2v) is 18.9. The Hall–Kier alpha value is -5.05. The maximum Gasteiger partial charge on any atom is 0.319 e. The van der Waals surface area contributed by atoms with Crippen LogP contribution in [-0.4, -0.2) is 81.0 Å². The number of aromatic nitrogens is 3. The molecular formula is C42H39F7N6O3S. The average molecular weight is 841 g/mol. The summed E-state index contributed by atoms with van der Waals surface area (Å²) in [5.41, 5.74) is -0.0897. The number of terminal acetylenes is 1. The number of ether oxygens (including phenoxy) is 2. The summed E-state index contributed by atoms with van der Waals surface area (Å²) in [6, 6.07) is 8.41. The minimum Gasteiger partial charge on any atom is -0.508 e. The van der Waals surface area contributed by atoms with Crippen molar-refractivity contribution in [3.63, 3.8) is 0 Å². The Morgan fingerprint density at radius 3 is 2.61 bits per heavy atom. The van der Waals surface area contributed by atoms with Gasteiger partial charge in [-0.25, -0.2) is 13.8 Å². The molecule has 4 saturated heterocycles. The van der Waals surface area contributed by atoms with Gasteiger partial charge in [0, 0.05) is 47.7 Å². The first-order valence-corrected chi connectivity index (χ1v) is 21.7. The minimum absolute atomic E-state index is 0.0202. The van der Waals surface area contributed by atoms with Gasteiger partial charge in [0.15, 0.2) is 5.82 Å². The molecule has 0 amide bonds. The third-order valence-corrected chi connectivity index (χ3v) is 14.1. The number of piperazine rings is 1. The fourth-order valence-corrected chi connectivity index (χ4v) is 11.0. The zero-order valence-corrected chi connectivity index (χ0v) is 32.4. The molecular weight excluding hydrogens is 802 g/mol. The molecule has 2 aromatic heterocycles. The Morgan fingerprint density at radius 2 is 1.80 bits per heavy atom. The van der Waals surface area contributed by atoms with Crippen LogP contribution in [0.3, 0.4) is 0 Å². The van der Waals surface area contributed by atoms with E-state index in [1.807, 2.05) is 0 Å². The number of phenolic OH excluding ortho intramolecular Hbond substituents is 1. The summed E-state index contributed by atoms with van der Waals surface area (Å²) in [6.45, 7) is 1.40. The van der Waals surface area contributed by atoms with Gasteiger partial charge < -0.3 is 24.8 Å². The van der Waals surface area contributed by atoms with Gasteiger partial charge in [0.05, 0.1) is 22.2 Å². The Balaban J connectivity index is 1.01. The number of hydrogen-bond acceptors (Lipinski definition) is 9. The van der Waals surface area contributed by atoms with Crippen LogP contribution >= 0.6 is 10.2 Å². The monoisotopic (exact) mass is 840 g/mol. The second-order valence-electron chi connectivity index (χ2n) is 16.5. The summed E-state index contributed by atoms with van der Waals surface area (Å²) >= 11 is 0. The Labute approximate surface area is 334 Å². The van der Waals surface area contributed by atoms with Gasteiger partial charge in [-0.1, -0.05) is 37.5 Å². The topological polar surface area (TPSA) is 95.9 Å². The lowest BCUT2D eigenvalue weighted by Crippen LogP contribution is -2.58. The molecule has 5 aliphatic rings. The molecule has 0 radical (unpaired) electrons. The molecule has 10 rings (SSSR count). The van der Waals surface area contributed by atoms with Crippen LogP contribution < -0.4 is 19.7 Å². The van der Waals surface area contributed by atoms with Crippen molar-refractivity contribution in [2.45, 2.75) is 86.0 Å². The highest BCUT2D eigenvalue weighted by Gasteiger charge is 2.65. The SMILES string of the molecule is C#Cc1c(F)ccc2cc(O)cc(-c3nc4c5c(nc(OC[C@@]67CCCN6[C@H](COc6cccc(S(F)(F)(F)(F)F)c6)CC7)nc5c3F)N3C[C@H]5CC[C@H](N5)[C@H]3CC4)c12. The molecule has 4 fully saturated rings. The number of halogens is 7. The lowest BCUT2D eigenvalue weighted by Gasteiger charge is -2.41. The maximum atomic E-state index is 17.3. The molecule has 5 atom stereocenters. The van der Waals surface area contributed by atoms with Crippen molar-refractivity contribution < 1.29 is 42.8 Å². The molecule has 0 aliphatic carbocycles. The highest BCUT2D eigenvalue weighted by Crippen LogP contribution is 3.02. The summed E-state index contributed by atoms with van der Waals surface area (Å²) in [7, 11) is -9.89. The number of aromatic hydroxyl groups is 1. The first-order valence-electron chi connectivity index (χ1n) is 19.7. The van der Waals surface area contributed by atoms with Crippen LogP contribution in [-0.2, 0) is 6.42 Å². The van der Waals surface area contributed by atoms with Crippen LogP contribution in [0.5, 0.6) is 17.5 Å². The molecule has 310 valence electrons. The van der Waals surface area contributed by atoms with Gasteiger partial charge in [-0.15, -0.1) is 6.42 Å². The summed E-state index contributed by atoms with van der Waals surface area (Å²) < 4.78 is 112. The highest BCUT2D eigenvalue weighted by molar-refractivity contribution is 8.45. The zero-order valence-electron chi connectivity index (χ0n) is 31.5. The van der Waals surface area contributed by atoms with Crippen molar-refractivity contribution in [2.24, 2.45) is 0 Å². The molecule has 5 aromatic rings. The van der Waals surface area contributed by atoms with Crippen molar-refractivity contribution in [3.8, 4) is 41.1 Å². The number of phenols is 1. The van der Waals surface area contributed by atoms with Crippen molar-refractivity contribution in [1.82, 2.24) is 25.2 Å². The van der Waals surface area contributed by atoms with E-state index in [4.69, 9.17) is 30.8 Å². The van der Waals surface area contributed by atoms with E-state index >= 15 is 8.78 Å². The number of anilines is 1. The lowest BCUT2D eigenvalue weighted by molar-refractivity contribution is 0.0686. The first kappa shape index (κ1) is 38.2. The number of rotatable bonds is 8. The zero-order chi connectivity index (χ0) is 41.1. The molecule has 0 spiro atoms. The van der Waals surface area contributed by atoms with E-state index in [0.717, 1.165) is 31.7 Å². The van der Waals surface area contributed by atoms with Crippen LogP contribution in [0.15, 0.2) is 53.4 Å². The van der Waals surface area contributed by atoms with Crippen molar-refractivity contribution in [3.05, 3.63) is 71.4 Å². The number of pyridine rings is 1. The second kappa shape index (κ2) is 12.7.